The second-order valence-electron chi connectivity index (χ2n) is 21.9. The summed E-state index contributed by atoms with van der Waals surface area (Å²) in [5.74, 6) is 14.2. The van der Waals surface area contributed by atoms with E-state index in [1.54, 1.807) is 0 Å². The summed E-state index contributed by atoms with van der Waals surface area (Å²) < 4.78 is 25.8. The van der Waals surface area contributed by atoms with Crippen LogP contribution in [0.3, 0.4) is 0 Å². The lowest BCUT2D eigenvalue weighted by Gasteiger charge is -2.92. The molecule has 1 amide bonds. The lowest BCUT2D eigenvalue weighted by atomic mass is 9.12. The number of carboxylic acids is 1. The van der Waals surface area contributed by atoms with Crippen LogP contribution in [-0.2, 0) is 28.5 Å². The second-order valence-corrected chi connectivity index (χ2v) is 24.5. The lowest BCUT2D eigenvalue weighted by molar-refractivity contribution is -0.477. The van der Waals surface area contributed by atoms with E-state index in [2.05, 4.69) is 32.6 Å². The third-order valence-corrected chi connectivity index (χ3v) is 24.8. The molecular weight excluding hydrogens is 755 g/mol. The summed E-state index contributed by atoms with van der Waals surface area (Å²) in [4.78, 5) is 27.0. The monoisotopic (exact) mass is 811 g/mol. The average Bonchev–Trinajstić information content (AvgIpc) is 4.04. The van der Waals surface area contributed by atoms with Crippen LogP contribution in [0.5, 0.6) is 0 Å². The van der Waals surface area contributed by atoms with Gasteiger partial charge in [0.05, 0.1) is 33.0 Å². The fraction of sp³-hybridized carbons (Fsp3) is 0.809. The zero-order chi connectivity index (χ0) is 38.3. The van der Waals surface area contributed by atoms with Gasteiger partial charge in [-0.25, -0.2) is 4.79 Å². The fourth-order valence-electron chi connectivity index (χ4n) is 22.9. The topological polar surface area (TPSA) is 103 Å². The lowest BCUT2D eigenvalue weighted by Crippen LogP contribution is -2.92. The number of hydrogen-bond acceptors (Lipinski definition) is 8. The Kier molecular flexibility index (Phi) is 6.84. The van der Waals surface area contributed by atoms with Crippen LogP contribution in [0.2, 0.25) is 0 Å². The smallest absolute Gasteiger partial charge is 0.332 e. The number of nitrogens with one attached hydrogen (secondary N) is 1. The van der Waals surface area contributed by atoms with E-state index >= 15 is 0 Å². The Hall–Kier alpha value is -1.52. The number of allylic oxidation sites excluding steroid dienone is 1. The van der Waals surface area contributed by atoms with E-state index in [4.69, 9.17) is 18.9 Å². The van der Waals surface area contributed by atoms with Crippen molar-refractivity contribution in [1.29, 1.82) is 0 Å². The maximum atomic E-state index is 14.0. The van der Waals surface area contributed by atoms with Crippen molar-refractivity contribution in [3.05, 3.63) is 40.7 Å². The number of hydrogen-bond donors (Lipinski definition) is 2. The van der Waals surface area contributed by atoms with E-state index in [-0.39, 0.29) is 39.4 Å². The molecule has 1 aliphatic heterocycles. The van der Waals surface area contributed by atoms with E-state index in [1.165, 1.54) is 24.3 Å². The van der Waals surface area contributed by atoms with Crippen LogP contribution in [0.4, 0.5) is 0 Å². The maximum absolute atomic E-state index is 14.0. The number of methoxy groups -OCH3 is 4. The summed E-state index contributed by atoms with van der Waals surface area (Å²) in [6, 6.07) is 0. The van der Waals surface area contributed by atoms with Crippen LogP contribution in [0, 0.1) is 140 Å². The summed E-state index contributed by atoms with van der Waals surface area (Å²) in [6.45, 7) is 3.65. The van der Waals surface area contributed by atoms with Crippen molar-refractivity contribution in [3.8, 4) is 0 Å². The van der Waals surface area contributed by atoms with E-state index < -0.39 is 5.97 Å². The molecule has 11 saturated carbocycles. The standard InChI is InChI=1S/C47H57NO7S2/c1-52-15-44-34-20-9-21(29-27-14-57-56-13-26(27)28(20)29)35(34)45(44,16-53-2)39-25-11-24(38(39)44)40-41(25)47(18-55-4)37-23-10-22(36(37)46(40,47)17-54-3)30-31(23)33(43(50)51)32(30)42(49)48-12-19-7-5-6-8-19/h5-7,20-31,34-41H,9-18H2,1-4H3,(H,48,49)(H,50,51)/t20-,21+,22+,23-,24-,25+,26+,27+,28-,29+,30-,31+,34-,35+,36+,37-,38+,39-,40-,41+,44-,45+,46+,47-/m1/s1. The molecule has 0 unspecified atom stereocenters. The summed E-state index contributed by atoms with van der Waals surface area (Å²) in [6.07, 6.45) is 9.55. The molecule has 0 aromatic heterocycles. The molecule has 10 heteroatoms. The van der Waals surface area contributed by atoms with Crippen molar-refractivity contribution in [2.45, 2.75) is 19.3 Å². The first kappa shape index (κ1) is 35.1. The van der Waals surface area contributed by atoms with Gasteiger partial charge in [0, 0.05) is 90.2 Å². The summed E-state index contributed by atoms with van der Waals surface area (Å²) in [5.41, 5.74) is 5.53. The highest BCUT2D eigenvalue weighted by atomic mass is 33.1. The fourth-order valence-corrected chi connectivity index (χ4v) is 25.8. The molecule has 0 aromatic rings. The number of carboxylic acid groups (broad SMARTS) is 1. The minimum absolute atomic E-state index is 0.00594. The van der Waals surface area contributed by atoms with Crippen molar-refractivity contribution < 1.29 is 33.6 Å². The van der Waals surface area contributed by atoms with Crippen LogP contribution in [0.25, 0.3) is 0 Å². The van der Waals surface area contributed by atoms with Gasteiger partial charge in [-0.2, -0.15) is 0 Å². The first-order valence-electron chi connectivity index (χ1n) is 22.4. The zero-order valence-corrected chi connectivity index (χ0v) is 35.2. The van der Waals surface area contributed by atoms with Gasteiger partial charge in [-0.05, 0) is 138 Å². The third kappa shape index (κ3) is 3.23. The van der Waals surface area contributed by atoms with Gasteiger partial charge in [-0.3, -0.25) is 4.79 Å². The van der Waals surface area contributed by atoms with E-state index in [1.807, 2.05) is 46.7 Å². The summed E-state index contributed by atoms with van der Waals surface area (Å²) >= 11 is 0. The minimum Gasteiger partial charge on any atom is -0.478 e. The van der Waals surface area contributed by atoms with Crippen molar-refractivity contribution >= 4 is 33.5 Å². The van der Waals surface area contributed by atoms with Gasteiger partial charge < -0.3 is 29.4 Å². The molecule has 13 aliphatic carbocycles. The molecule has 0 aromatic carbocycles. The zero-order valence-electron chi connectivity index (χ0n) is 33.6. The van der Waals surface area contributed by atoms with Gasteiger partial charge in [-0.15, -0.1) is 5.73 Å². The number of rotatable bonds is 12. The Morgan fingerprint density at radius 1 is 0.649 bits per heavy atom. The molecule has 24 atom stereocenters. The maximum Gasteiger partial charge on any atom is 0.332 e. The van der Waals surface area contributed by atoms with Crippen LogP contribution < -0.4 is 5.32 Å². The van der Waals surface area contributed by atoms with Crippen molar-refractivity contribution in [2.75, 3.05) is 72.9 Å². The van der Waals surface area contributed by atoms with Gasteiger partial charge >= 0.3 is 5.97 Å². The Labute approximate surface area is 343 Å². The molecule has 1 heterocycles. The van der Waals surface area contributed by atoms with E-state index in [0.29, 0.717) is 76.9 Å². The Morgan fingerprint density at radius 2 is 1.07 bits per heavy atom. The highest BCUT2D eigenvalue weighted by Crippen LogP contribution is 3.02. The second kappa shape index (κ2) is 11.1. The molecule has 12 fully saturated rings. The van der Waals surface area contributed by atoms with Gasteiger partial charge in [-0.1, -0.05) is 27.7 Å². The Bertz CT molecular complexity index is 2050. The third-order valence-electron chi connectivity index (χ3n) is 22.3. The highest BCUT2D eigenvalue weighted by molar-refractivity contribution is 8.76. The molecule has 6 bridgehead atoms. The number of fused-ring (bicyclic) bond motifs is 37. The number of aliphatic carboxylic acids is 1. The molecule has 304 valence electrons. The van der Waals surface area contributed by atoms with E-state index in [0.717, 1.165) is 85.8 Å². The van der Waals surface area contributed by atoms with Crippen LogP contribution in [0.15, 0.2) is 40.7 Å². The molecule has 14 rings (SSSR count). The van der Waals surface area contributed by atoms with Gasteiger partial charge in [0.15, 0.2) is 0 Å². The molecular formula is C47H57NO7S2. The van der Waals surface area contributed by atoms with Crippen LogP contribution in [0.1, 0.15) is 19.3 Å². The predicted molar refractivity (Wildman–Crippen MR) is 214 cm³/mol. The predicted octanol–water partition coefficient (Wildman–Crippen LogP) is 5.72. The number of carbonyl (C=O) groups is 2. The molecule has 8 nitrogen and oxygen atoms in total. The first-order chi connectivity index (χ1) is 27.8. The van der Waals surface area contributed by atoms with Crippen molar-refractivity contribution in [1.82, 2.24) is 5.32 Å². The minimum atomic E-state index is -0.899. The molecule has 1 saturated heterocycles. The number of carbonyl (C=O) groups excluding carboxylic acids is 1. The van der Waals surface area contributed by atoms with Crippen molar-refractivity contribution in [2.24, 2.45) is 140 Å². The van der Waals surface area contributed by atoms with Gasteiger partial charge in [0.1, 0.15) is 0 Å². The summed E-state index contributed by atoms with van der Waals surface area (Å²) in [5, 5.41) is 13.8. The van der Waals surface area contributed by atoms with E-state index in [9.17, 15) is 14.7 Å². The van der Waals surface area contributed by atoms with Crippen LogP contribution >= 0.6 is 21.6 Å². The largest absolute Gasteiger partial charge is 0.478 e. The normalized spacial score (nSPS) is 60.2. The van der Waals surface area contributed by atoms with Crippen molar-refractivity contribution in [3.63, 3.8) is 0 Å². The number of amides is 1. The Balaban J connectivity index is 0.852. The Morgan fingerprint density at radius 3 is 1.51 bits per heavy atom. The van der Waals surface area contributed by atoms with Crippen LogP contribution in [-0.4, -0.2) is 89.9 Å². The molecule has 14 aliphatic rings. The highest BCUT2D eigenvalue weighted by Gasteiger charge is 3.01. The molecule has 0 spiro atoms. The molecule has 0 radical (unpaired) electrons. The summed E-state index contributed by atoms with van der Waals surface area (Å²) in [7, 11) is 12.1. The molecule has 2 N–H and O–H groups in total. The van der Waals surface area contributed by atoms with Gasteiger partial charge in [0.2, 0.25) is 5.91 Å². The number of ether oxygens (including phenoxy) is 4. The first-order valence-corrected chi connectivity index (χ1v) is 24.9. The quantitative estimate of drug-likeness (QED) is 0.146. The van der Waals surface area contributed by atoms with Gasteiger partial charge in [0.25, 0.3) is 0 Å². The SMILES string of the molecule is COC[C@]12[C@@H]3[C@@H]4C[C@@H]([C@@H]5[C@H]4[C@@]4(COC)[C@@H]6[C@@H]7C[C@@H]([C@H]8[C@H]9CSSC[C@@H]9[C@@H]78)[C@@H]6[C@@]54COC)[C@@H]3[C@@]1(COC)[C@@H]1[C@@H]3C[C@@H]([C@H]4C(C(=O)NCC5=C=CC=C5)=C(C(=O)O)[C@@H]34)[C@@H]12. The average molecular weight is 812 g/mol. The molecule has 57 heavy (non-hydrogen) atoms.